The summed E-state index contributed by atoms with van der Waals surface area (Å²) in [7, 11) is 0. The van der Waals surface area contributed by atoms with Gasteiger partial charge < -0.3 is 10.0 Å². The van der Waals surface area contributed by atoms with Crippen LogP contribution in [0.25, 0.3) is 0 Å². The summed E-state index contributed by atoms with van der Waals surface area (Å²) >= 11 is 3.37. The number of carboxylic acid groups (broad SMARTS) is 1. The molecule has 3 nitrogen and oxygen atoms in total. The number of rotatable bonds is 4. The molecule has 1 aliphatic rings. The number of hydrogen-bond donors (Lipinski definition) is 1. The zero-order chi connectivity index (χ0) is 16.5. The number of aliphatic carboxylic acids is 1. The van der Waals surface area contributed by atoms with Gasteiger partial charge >= 0.3 is 12.1 Å². The van der Waals surface area contributed by atoms with Crippen molar-refractivity contribution in [2.45, 2.75) is 19.0 Å². The van der Waals surface area contributed by atoms with E-state index in [-0.39, 0.29) is 19.0 Å². The Hall–Kier alpha value is -1.08. The van der Waals surface area contributed by atoms with Gasteiger partial charge in [-0.05, 0) is 23.6 Å². The fourth-order valence-electron chi connectivity index (χ4n) is 2.92. The molecular formula is C15H17BrF3NO2. The number of carbonyl (C=O) groups is 1. The minimum Gasteiger partial charge on any atom is -0.481 e. The second-order valence-corrected chi connectivity index (χ2v) is 6.68. The van der Waals surface area contributed by atoms with Crippen LogP contribution >= 0.6 is 15.9 Å². The molecule has 0 spiro atoms. The molecule has 3 atom stereocenters. The van der Waals surface area contributed by atoms with Crippen molar-refractivity contribution in [3.8, 4) is 0 Å². The summed E-state index contributed by atoms with van der Waals surface area (Å²) in [5, 5.41) is 9.02. The lowest BCUT2D eigenvalue weighted by Crippen LogP contribution is -2.33. The topological polar surface area (TPSA) is 40.5 Å². The smallest absolute Gasteiger partial charge is 0.393 e. The Morgan fingerprint density at radius 1 is 1.45 bits per heavy atom. The maximum atomic E-state index is 13.0. The first-order valence-electron chi connectivity index (χ1n) is 6.96. The van der Waals surface area contributed by atoms with Crippen LogP contribution in [-0.4, -0.2) is 41.8 Å². The Morgan fingerprint density at radius 2 is 2.14 bits per heavy atom. The molecule has 0 saturated carbocycles. The molecule has 0 aliphatic carbocycles. The van der Waals surface area contributed by atoms with Gasteiger partial charge in [-0.15, -0.1) is 0 Å². The van der Waals surface area contributed by atoms with Crippen LogP contribution in [0.5, 0.6) is 0 Å². The molecule has 1 aromatic carbocycles. The summed E-state index contributed by atoms with van der Waals surface area (Å²) in [6.07, 6.45) is -4.48. The van der Waals surface area contributed by atoms with Crippen molar-refractivity contribution in [2.24, 2.45) is 11.8 Å². The van der Waals surface area contributed by atoms with Gasteiger partial charge in [0.2, 0.25) is 0 Å². The van der Waals surface area contributed by atoms with Gasteiger partial charge in [0.15, 0.2) is 0 Å². The normalized spacial score (nSPS) is 24.4. The zero-order valence-corrected chi connectivity index (χ0v) is 13.6. The van der Waals surface area contributed by atoms with Crippen LogP contribution < -0.4 is 0 Å². The Labute approximate surface area is 135 Å². The highest BCUT2D eigenvalue weighted by Crippen LogP contribution is 2.38. The third kappa shape index (κ3) is 4.01. The third-order valence-corrected chi connectivity index (χ3v) is 4.58. The largest absolute Gasteiger partial charge is 0.481 e. The van der Waals surface area contributed by atoms with E-state index in [0.717, 1.165) is 10.0 Å². The highest BCUT2D eigenvalue weighted by atomic mass is 79.9. The number of alkyl halides is 3. The molecule has 0 aromatic heterocycles. The summed E-state index contributed by atoms with van der Waals surface area (Å²) in [6, 6.07) is 7.60. The molecule has 1 heterocycles. The van der Waals surface area contributed by atoms with Gasteiger partial charge in [-0.2, -0.15) is 13.2 Å². The number of hydrogen-bond acceptors (Lipinski definition) is 2. The summed E-state index contributed by atoms with van der Waals surface area (Å²) < 4.78 is 39.8. The first-order chi connectivity index (χ1) is 10.2. The summed E-state index contributed by atoms with van der Waals surface area (Å²) in [5.41, 5.74) is 1.01. The zero-order valence-electron chi connectivity index (χ0n) is 12.0. The molecule has 1 N–H and O–H groups in total. The molecule has 22 heavy (non-hydrogen) atoms. The third-order valence-electron chi connectivity index (χ3n) is 4.08. The molecule has 0 bridgehead atoms. The monoisotopic (exact) mass is 379 g/mol. The molecule has 1 unspecified atom stereocenters. The Balaban J connectivity index is 2.06. The van der Waals surface area contributed by atoms with Crippen LogP contribution in [0.15, 0.2) is 28.7 Å². The van der Waals surface area contributed by atoms with Crippen molar-refractivity contribution >= 4 is 21.9 Å². The second kappa shape index (κ2) is 6.58. The van der Waals surface area contributed by atoms with Crippen molar-refractivity contribution in [1.29, 1.82) is 0 Å². The lowest BCUT2D eigenvalue weighted by atomic mass is 9.96. The first-order valence-corrected chi connectivity index (χ1v) is 7.75. The van der Waals surface area contributed by atoms with E-state index in [2.05, 4.69) is 15.9 Å². The van der Waals surface area contributed by atoms with Gasteiger partial charge in [0.1, 0.15) is 0 Å². The van der Waals surface area contributed by atoms with Crippen molar-refractivity contribution in [3.63, 3.8) is 0 Å². The van der Waals surface area contributed by atoms with Gasteiger partial charge in [-0.3, -0.25) is 4.79 Å². The van der Waals surface area contributed by atoms with Gasteiger partial charge in [0.25, 0.3) is 0 Å². The SMILES string of the molecule is CC(CN1C[C@@H](C(F)(F)F)[C@H](C(=O)O)C1)c1cccc(Br)c1. The van der Waals surface area contributed by atoms with E-state index in [0.29, 0.717) is 6.54 Å². The minimum atomic E-state index is -4.48. The van der Waals surface area contributed by atoms with Crippen molar-refractivity contribution in [2.75, 3.05) is 19.6 Å². The molecular weight excluding hydrogens is 363 g/mol. The Morgan fingerprint density at radius 3 is 2.64 bits per heavy atom. The maximum absolute atomic E-state index is 13.0. The lowest BCUT2D eigenvalue weighted by molar-refractivity contribution is -0.188. The molecule has 0 amide bonds. The number of nitrogens with zero attached hydrogens (tertiary/aromatic N) is 1. The number of likely N-dealkylation sites (tertiary alicyclic amines) is 1. The highest BCUT2D eigenvalue weighted by molar-refractivity contribution is 9.10. The maximum Gasteiger partial charge on any atom is 0.393 e. The van der Waals surface area contributed by atoms with Gasteiger partial charge in [0.05, 0.1) is 11.8 Å². The average Bonchev–Trinajstić information content (AvgIpc) is 2.83. The predicted octanol–water partition coefficient (Wildman–Crippen LogP) is 3.75. The quantitative estimate of drug-likeness (QED) is 0.865. The van der Waals surface area contributed by atoms with E-state index in [1.807, 2.05) is 31.2 Å². The van der Waals surface area contributed by atoms with Crippen molar-refractivity contribution in [1.82, 2.24) is 4.90 Å². The first kappa shape index (κ1) is 17.3. The summed E-state index contributed by atoms with van der Waals surface area (Å²) in [4.78, 5) is 12.7. The molecule has 1 aromatic rings. The summed E-state index contributed by atoms with van der Waals surface area (Å²) in [5.74, 6) is -4.52. The molecule has 2 rings (SSSR count). The highest BCUT2D eigenvalue weighted by Gasteiger charge is 2.52. The molecule has 1 fully saturated rings. The number of benzene rings is 1. The fraction of sp³-hybridized carbons (Fsp3) is 0.533. The number of halogens is 4. The van der Waals surface area contributed by atoms with Gasteiger partial charge in [-0.25, -0.2) is 0 Å². The van der Waals surface area contributed by atoms with Crippen LogP contribution in [0.2, 0.25) is 0 Å². The van der Waals surface area contributed by atoms with Crippen LogP contribution in [0.3, 0.4) is 0 Å². The van der Waals surface area contributed by atoms with Crippen LogP contribution in [0.1, 0.15) is 18.4 Å². The van der Waals surface area contributed by atoms with Crippen LogP contribution in [0.4, 0.5) is 13.2 Å². The van der Waals surface area contributed by atoms with E-state index in [1.165, 1.54) is 0 Å². The fourth-order valence-corrected chi connectivity index (χ4v) is 3.34. The molecule has 7 heteroatoms. The van der Waals surface area contributed by atoms with E-state index >= 15 is 0 Å². The van der Waals surface area contributed by atoms with Gasteiger partial charge in [-0.1, -0.05) is 35.0 Å². The minimum absolute atomic E-state index is 0.0268. The summed E-state index contributed by atoms with van der Waals surface area (Å²) in [6.45, 7) is 2.03. The van der Waals surface area contributed by atoms with Crippen molar-refractivity contribution in [3.05, 3.63) is 34.3 Å². The molecule has 1 saturated heterocycles. The van der Waals surface area contributed by atoms with E-state index in [4.69, 9.17) is 5.11 Å². The van der Waals surface area contributed by atoms with E-state index < -0.39 is 24.0 Å². The van der Waals surface area contributed by atoms with Crippen molar-refractivity contribution < 1.29 is 23.1 Å². The predicted molar refractivity (Wildman–Crippen MR) is 79.7 cm³/mol. The lowest BCUT2D eigenvalue weighted by Gasteiger charge is -2.21. The average molecular weight is 380 g/mol. The van der Waals surface area contributed by atoms with Crippen LogP contribution in [-0.2, 0) is 4.79 Å². The van der Waals surface area contributed by atoms with E-state index in [9.17, 15) is 18.0 Å². The molecule has 122 valence electrons. The Kier molecular flexibility index (Phi) is 5.17. The number of carboxylic acids is 1. The molecule has 1 aliphatic heterocycles. The Bertz CT molecular complexity index is 550. The molecule has 0 radical (unpaired) electrons. The second-order valence-electron chi connectivity index (χ2n) is 5.77. The van der Waals surface area contributed by atoms with Crippen LogP contribution in [0, 0.1) is 11.8 Å². The standard InChI is InChI=1S/C15H17BrF3NO2/c1-9(10-3-2-4-11(16)5-10)6-20-7-12(14(21)22)13(8-20)15(17,18)19/h2-5,9,12-13H,6-8H2,1H3,(H,21,22)/t9?,12-,13-/m1/s1. The van der Waals surface area contributed by atoms with E-state index in [1.54, 1.807) is 4.90 Å². The van der Waals surface area contributed by atoms with Gasteiger partial charge in [0, 0.05) is 24.1 Å².